The van der Waals surface area contributed by atoms with E-state index in [-0.39, 0.29) is 12.5 Å². The second kappa shape index (κ2) is 7.10. The van der Waals surface area contributed by atoms with Crippen molar-refractivity contribution in [3.8, 4) is 0 Å². The summed E-state index contributed by atoms with van der Waals surface area (Å²) in [6, 6.07) is 0. The molecular formula is C14H30N2O2. The molecule has 0 heterocycles. The Morgan fingerprint density at radius 2 is 1.83 bits per heavy atom. The summed E-state index contributed by atoms with van der Waals surface area (Å²) in [5, 5.41) is 12.0. The van der Waals surface area contributed by atoms with Gasteiger partial charge in [-0.2, -0.15) is 0 Å². The van der Waals surface area contributed by atoms with Crippen LogP contribution in [0.1, 0.15) is 53.9 Å². The average Bonchev–Trinajstić information content (AvgIpc) is 2.24. The van der Waals surface area contributed by atoms with Crippen LogP contribution in [0, 0.1) is 11.3 Å². The van der Waals surface area contributed by atoms with Crippen molar-refractivity contribution in [2.75, 3.05) is 13.2 Å². The van der Waals surface area contributed by atoms with E-state index in [1.807, 2.05) is 27.7 Å². The second-order valence-corrected chi connectivity index (χ2v) is 6.22. The monoisotopic (exact) mass is 258 g/mol. The lowest BCUT2D eigenvalue weighted by Crippen LogP contribution is -2.56. The topological polar surface area (TPSA) is 75.3 Å². The van der Waals surface area contributed by atoms with E-state index < -0.39 is 11.0 Å². The van der Waals surface area contributed by atoms with Crippen LogP contribution in [-0.2, 0) is 4.79 Å². The number of nitrogens with one attached hydrogen (secondary N) is 1. The predicted octanol–water partition coefficient (Wildman–Crippen LogP) is 1.66. The van der Waals surface area contributed by atoms with Gasteiger partial charge in [-0.25, -0.2) is 0 Å². The lowest BCUT2D eigenvalue weighted by atomic mass is 9.74. The number of hydrogen-bond donors (Lipinski definition) is 3. The highest BCUT2D eigenvalue weighted by atomic mass is 16.3. The summed E-state index contributed by atoms with van der Waals surface area (Å²) in [7, 11) is 0. The van der Waals surface area contributed by atoms with E-state index in [0.29, 0.717) is 12.5 Å². The minimum atomic E-state index is -0.608. The van der Waals surface area contributed by atoms with Crippen LogP contribution in [0.4, 0.5) is 0 Å². The smallest absolute Gasteiger partial charge is 0.227 e. The van der Waals surface area contributed by atoms with Crippen molar-refractivity contribution in [1.29, 1.82) is 0 Å². The van der Waals surface area contributed by atoms with Gasteiger partial charge >= 0.3 is 0 Å². The first kappa shape index (κ1) is 17.4. The normalized spacial score (nSPS) is 14.4. The maximum absolute atomic E-state index is 12.2. The van der Waals surface area contributed by atoms with Crippen LogP contribution in [0.3, 0.4) is 0 Å². The van der Waals surface area contributed by atoms with Crippen LogP contribution in [0.2, 0.25) is 0 Å². The zero-order chi connectivity index (χ0) is 14.4. The Kier molecular flexibility index (Phi) is 6.86. The zero-order valence-corrected chi connectivity index (χ0v) is 12.5. The molecule has 4 N–H and O–H groups in total. The third-order valence-corrected chi connectivity index (χ3v) is 3.96. The Hall–Kier alpha value is -0.610. The van der Waals surface area contributed by atoms with Gasteiger partial charge < -0.3 is 16.2 Å². The molecule has 108 valence electrons. The quantitative estimate of drug-likeness (QED) is 0.620. The van der Waals surface area contributed by atoms with Crippen LogP contribution in [-0.4, -0.2) is 29.7 Å². The van der Waals surface area contributed by atoms with E-state index in [1.165, 1.54) is 0 Å². The number of carbonyl (C=O) groups is 1. The second-order valence-electron chi connectivity index (χ2n) is 6.22. The molecule has 0 bridgehead atoms. The van der Waals surface area contributed by atoms with Crippen molar-refractivity contribution in [1.82, 2.24) is 5.32 Å². The minimum absolute atomic E-state index is 0.0194. The summed E-state index contributed by atoms with van der Waals surface area (Å²) in [5.41, 5.74) is 4.87. The maximum Gasteiger partial charge on any atom is 0.227 e. The molecule has 1 atom stereocenters. The lowest BCUT2D eigenvalue weighted by molar-refractivity contribution is -0.132. The Labute approximate surface area is 111 Å². The number of amides is 1. The van der Waals surface area contributed by atoms with Crippen molar-refractivity contribution in [3.63, 3.8) is 0 Å². The zero-order valence-electron chi connectivity index (χ0n) is 12.5. The number of hydrogen-bond acceptors (Lipinski definition) is 3. The molecule has 1 amide bonds. The summed E-state index contributed by atoms with van der Waals surface area (Å²) in [6.07, 6.45) is 2.82. The summed E-state index contributed by atoms with van der Waals surface area (Å²) < 4.78 is 0. The van der Waals surface area contributed by atoms with Crippen LogP contribution in [0.5, 0.6) is 0 Å². The van der Waals surface area contributed by atoms with Crippen LogP contribution in [0.25, 0.3) is 0 Å². The van der Waals surface area contributed by atoms with E-state index in [1.54, 1.807) is 0 Å². The van der Waals surface area contributed by atoms with Gasteiger partial charge in [0.1, 0.15) is 0 Å². The summed E-state index contributed by atoms with van der Waals surface area (Å²) >= 11 is 0. The Morgan fingerprint density at radius 3 is 2.22 bits per heavy atom. The van der Waals surface area contributed by atoms with Crippen molar-refractivity contribution in [3.05, 3.63) is 0 Å². The van der Waals surface area contributed by atoms with Gasteiger partial charge in [0.05, 0.1) is 5.41 Å². The molecular weight excluding hydrogens is 228 g/mol. The number of carbonyl (C=O) groups excluding carboxylic acids is 1. The molecule has 1 unspecified atom stereocenters. The molecule has 0 aliphatic rings. The first-order valence-electron chi connectivity index (χ1n) is 6.84. The van der Waals surface area contributed by atoms with Gasteiger partial charge in [-0.3, -0.25) is 4.79 Å². The van der Waals surface area contributed by atoms with Crippen molar-refractivity contribution < 1.29 is 9.90 Å². The first-order chi connectivity index (χ1) is 8.16. The predicted molar refractivity (Wildman–Crippen MR) is 75.2 cm³/mol. The number of aliphatic hydroxyl groups is 1. The van der Waals surface area contributed by atoms with Gasteiger partial charge in [-0.15, -0.1) is 0 Å². The standard InChI is InChI=1S/C14H30N2O2/c1-6-7-11(8-9-17)10-16-12(18)13(2,3)14(4,5)15/h11,17H,6-10,15H2,1-5H3,(H,16,18). The molecule has 0 fully saturated rings. The Morgan fingerprint density at radius 1 is 1.28 bits per heavy atom. The third kappa shape index (κ3) is 4.94. The molecule has 18 heavy (non-hydrogen) atoms. The van der Waals surface area contributed by atoms with Crippen molar-refractivity contribution in [2.45, 2.75) is 59.4 Å². The molecule has 0 aromatic carbocycles. The largest absolute Gasteiger partial charge is 0.396 e. The minimum Gasteiger partial charge on any atom is -0.396 e. The molecule has 0 aromatic heterocycles. The summed E-state index contributed by atoms with van der Waals surface area (Å²) in [5.74, 6) is 0.328. The molecule has 4 nitrogen and oxygen atoms in total. The van der Waals surface area contributed by atoms with Crippen molar-refractivity contribution >= 4 is 5.91 Å². The van der Waals surface area contributed by atoms with Gasteiger partial charge in [0.2, 0.25) is 5.91 Å². The highest BCUT2D eigenvalue weighted by Crippen LogP contribution is 2.28. The van der Waals surface area contributed by atoms with E-state index in [2.05, 4.69) is 12.2 Å². The van der Waals surface area contributed by atoms with Gasteiger partial charge in [0.15, 0.2) is 0 Å². The molecule has 0 saturated carbocycles. The fraction of sp³-hybridized carbons (Fsp3) is 0.929. The first-order valence-corrected chi connectivity index (χ1v) is 6.84. The molecule has 0 rings (SSSR count). The molecule has 4 heteroatoms. The van der Waals surface area contributed by atoms with Crippen LogP contribution < -0.4 is 11.1 Å². The van der Waals surface area contributed by atoms with Crippen molar-refractivity contribution in [2.24, 2.45) is 17.1 Å². The molecule has 0 radical (unpaired) electrons. The fourth-order valence-corrected chi connectivity index (χ4v) is 1.69. The molecule has 0 aliphatic carbocycles. The maximum atomic E-state index is 12.2. The van der Waals surface area contributed by atoms with Gasteiger partial charge in [0.25, 0.3) is 0 Å². The Bertz CT molecular complexity index is 251. The van der Waals surface area contributed by atoms with E-state index in [0.717, 1.165) is 19.3 Å². The Balaban J connectivity index is 4.39. The fourth-order valence-electron chi connectivity index (χ4n) is 1.69. The highest BCUT2D eigenvalue weighted by molar-refractivity contribution is 5.83. The van der Waals surface area contributed by atoms with E-state index >= 15 is 0 Å². The van der Waals surface area contributed by atoms with Gasteiger partial charge in [-0.05, 0) is 46.5 Å². The number of aliphatic hydroxyl groups excluding tert-OH is 1. The third-order valence-electron chi connectivity index (χ3n) is 3.96. The van der Waals surface area contributed by atoms with Gasteiger partial charge in [0, 0.05) is 18.7 Å². The summed E-state index contributed by atoms with van der Waals surface area (Å²) in [4.78, 5) is 12.2. The van der Waals surface area contributed by atoms with E-state index in [4.69, 9.17) is 10.8 Å². The molecule has 0 aromatic rings. The average molecular weight is 258 g/mol. The lowest BCUT2D eigenvalue weighted by Gasteiger charge is -2.37. The van der Waals surface area contributed by atoms with E-state index in [9.17, 15) is 4.79 Å². The number of rotatable bonds is 8. The molecule has 0 aliphatic heterocycles. The van der Waals surface area contributed by atoms with Crippen LogP contribution >= 0.6 is 0 Å². The SMILES string of the molecule is CCCC(CCO)CNC(=O)C(C)(C)C(C)(C)N. The molecule has 0 saturated heterocycles. The highest BCUT2D eigenvalue weighted by Gasteiger charge is 2.40. The van der Waals surface area contributed by atoms with Crippen LogP contribution in [0.15, 0.2) is 0 Å². The number of nitrogens with two attached hydrogens (primary N) is 1. The van der Waals surface area contributed by atoms with Gasteiger partial charge in [-0.1, -0.05) is 13.3 Å². The molecule has 0 spiro atoms. The summed E-state index contributed by atoms with van der Waals surface area (Å²) in [6.45, 7) is 10.4.